The van der Waals surface area contributed by atoms with Crippen molar-refractivity contribution in [3.8, 4) is 0 Å². The summed E-state index contributed by atoms with van der Waals surface area (Å²) in [5.41, 5.74) is 2.36. The number of rotatable bonds is 4. The molecule has 0 saturated carbocycles. The Morgan fingerprint density at radius 2 is 1.43 bits per heavy atom. The summed E-state index contributed by atoms with van der Waals surface area (Å²) in [6, 6.07) is 15.9. The van der Waals surface area contributed by atoms with Crippen molar-refractivity contribution < 1.29 is 13.7 Å². The van der Waals surface area contributed by atoms with Crippen molar-refractivity contribution in [2.45, 2.75) is 51.9 Å². The molecule has 0 aromatic heterocycles. The quantitative estimate of drug-likeness (QED) is 0.712. The molecule has 2 aromatic carbocycles. The summed E-state index contributed by atoms with van der Waals surface area (Å²) in [6.07, 6.45) is 0. The maximum Gasteiger partial charge on any atom is 0.494 e. The molecule has 160 valence electrons. The summed E-state index contributed by atoms with van der Waals surface area (Å²) in [7, 11) is -0.330. The van der Waals surface area contributed by atoms with E-state index in [4.69, 9.17) is 9.31 Å². The average molecular weight is 410 g/mol. The molecule has 1 atom stereocenters. The molecule has 0 radical (unpaired) electrons. The lowest BCUT2D eigenvalue weighted by molar-refractivity contribution is 0.00578. The molecule has 1 unspecified atom stereocenters. The fraction of sp³-hybridized carbons (Fsp3) is 0.500. The van der Waals surface area contributed by atoms with E-state index >= 15 is 0 Å². The molecule has 0 spiro atoms. The van der Waals surface area contributed by atoms with E-state index in [0.717, 1.165) is 31.6 Å². The topological polar surface area (TPSA) is 24.9 Å². The zero-order valence-corrected chi connectivity index (χ0v) is 18.7. The van der Waals surface area contributed by atoms with Crippen LogP contribution in [0.15, 0.2) is 48.5 Å². The van der Waals surface area contributed by atoms with Crippen LogP contribution in [0.1, 0.15) is 46.2 Å². The predicted octanol–water partition coefficient (Wildman–Crippen LogP) is 4.01. The van der Waals surface area contributed by atoms with Crippen LogP contribution in [-0.2, 0) is 9.31 Å². The van der Waals surface area contributed by atoms with Gasteiger partial charge >= 0.3 is 7.12 Å². The first-order valence-electron chi connectivity index (χ1n) is 10.9. The van der Waals surface area contributed by atoms with Crippen LogP contribution >= 0.6 is 0 Å². The van der Waals surface area contributed by atoms with Crippen molar-refractivity contribution in [3.05, 3.63) is 59.9 Å². The van der Waals surface area contributed by atoms with Crippen LogP contribution in [-0.4, -0.2) is 49.4 Å². The van der Waals surface area contributed by atoms with Crippen LogP contribution in [0.3, 0.4) is 0 Å². The second kappa shape index (κ2) is 7.99. The Kier molecular flexibility index (Phi) is 5.68. The lowest BCUT2D eigenvalue weighted by atomic mass is 9.78. The molecule has 2 fully saturated rings. The highest BCUT2D eigenvalue weighted by Gasteiger charge is 2.51. The Morgan fingerprint density at radius 3 is 2.00 bits per heavy atom. The molecule has 2 heterocycles. The molecule has 6 heteroatoms. The van der Waals surface area contributed by atoms with Crippen LogP contribution in [0.2, 0.25) is 0 Å². The monoisotopic (exact) mass is 410 g/mol. The Labute approximate surface area is 180 Å². The summed E-state index contributed by atoms with van der Waals surface area (Å²) in [4.78, 5) is 4.60. The minimum atomic E-state index is -0.332. The zero-order valence-electron chi connectivity index (χ0n) is 18.7. The third-order valence-electron chi connectivity index (χ3n) is 7.00. The van der Waals surface area contributed by atoms with Crippen LogP contribution in [0, 0.1) is 5.82 Å². The minimum absolute atomic E-state index is 0.141. The molecule has 4 rings (SSSR count). The highest BCUT2D eigenvalue weighted by molar-refractivity contribution is 6.62. The molecule has 2 aromatic rings. The molecule has 0 bridgehead atoms. The summed E-state index contributed by atoms with van der Waals surface area (Å²) >= 11 is 0. The number of hydrogen-bond acceptors (Lipinski definition) is 4. The molecule has 2 aliphatic rings. The van der Waals surface area contributed by atoms with Crippen LogP contribution in [0.25, 0.3) is 0 Å². The number of hydrogen-bond donors (Lipinski definition) is 0. The van der Waals surface area contributed by atoms with Crippen molar-refractivity contribution in [1.82, 2.24) is 4.90 Å². The highest BCUT2D eigenvalue weighted by Crippen LogP contribution is 2.36. The van der Waals surface area contributed by atoms with E-state index in [1.165, 1.54) is 11.6 Å². The predicted molar refractivity (Wildman–Crippen MR) is 121 cm³/mol. The van der Waals surface area contributed by atoms with Gasteiger partial charge in [0.2, 0.25) is 0 Å². The third kappa shape index (κ3) is 4.01. The molecule has 0 N–H and O–H groups in total. The van der Waals surface area contributed by atoms with Gasteiger partial charge in [-0.25, -0.2) is 4.39 Å². The highest BCUT2D eigenvalue weighted by atomic mass is 19.1. The lowest BCUT2D eigenvalue weighted by Crippen LogP contribution is -2.47. The Morgan fingerprint density at radius 1 is 0.867 bits per heavy atom. The number of halogens is 1. The van der Waals surface area contributed by atoms with Gasteiger partial charge in [0.1, 0.15) is 5.82 Å². The fourth-order valence-electron chi connectivity index (χ4n) is 4.18. The van der Waals surface area contributed by atoms with Gasteiger partial charge in [-0.15, -0.1) is 0 Å². The molecule has 2 aliphatic heterocycles. The smallest absolute Gasteiger partial charge is 0.399 e. The van der Waals surface area contributed by atoms with E-state index in [-0.39, 0.29) is 24.1 Å². The van der Waals surface area contributed by atoms with Gasteiger partial charge in [0.05, 0.1) is 16.9 Å². The maximum atomic E-state index is 14.1. The number of benzene rings is 2. The fourth-order valence-corrected chi connectivity index (χ4v) is 4.18. The molecule has 4 nitrogen and oxygen atoms in total. The van der Waals surface area contributed by atoms with Crippen LogP contribution in [0.4, 0.5) is 10.1 Å². The zero-order chi connectivity index (χ0) is 21.5. The SMILES string of the molecule is CC(c1ccc(B2OC(C)(C)C(C)(C)O2)cc1)N1CCN(c2ccccc2F)CC1. The van der Waals surface area contributed by atoms with Gasteiger partial charge in [0, 0.05) is 32.2 Å². The Hall–Kier alpha value is -1.89. The van der Waals surface area contributed by atoms with Crippen molar-refractivity contribution in [2.75, 3.05) is 31.1 Å². The Bertz CT molecular complexity index is 863. The van der Waals surface area contributed by atoms with Crippen molar-refractivity contribution in [3.63, 3.8) is 0 Å². The van der Waals surface area contributed by atoms with Gasteiger partial charge in [0.15, 0.2) is 0 Å². The van der Waals surface area contributed by atoms with Crippen molar-refractivity contribution >= 4 is 18.3 Å². The first-order chi connectivity index (χ1) is 14.2. The molecule has 30 heavy (non-hydrogen) atoms. The average Bonchev–Trinajstić information content (AvgIpc) is 2.95. The molecule has 0 amide bonds. The summed E-state index contributed by atoms with van der Waals surface area (Å²) in [5, 5.41) is 0. The van der Waals surface area contributed by atoms with E-state index in [0.29, 0.717) is 11.7 Å². The van der Waals surface area contributed by atoms with Gasteiger partial charge in [-0.05, 0) is 57.8 Å². The van der Waals surface area contributed by atoms with Gasteiger partial charge < -0.3 is 14.2 Å². The third-order valence-corrected chi connectivity index (χ3v) is 7.00. The molecular weight excluding hydrogens is 378 g/mol. The lowest BCUT2D eigenvalue weighted by Gasteiger charge is -2.39. The van der Waals surface area contributed by atoms with Gasteiger partial charge in [-0.3, -0.25) is 4.90 Å². The number of anilines is 1. The van der Waals surface area contributed by atoms with Crippen LogP contribution < -0.4 is 10.4 Å². The van der Waals surface area contributed by atoms with Crippen LogP contribution in [0.5, 0.6) is 0 Å². The summed E-state index contributed by atoms with van der Waals surface area (Å²) in [6.45, 7) is 14.0. The van der Waals surface area contributed by atoms with Gasteiger partial charge in [0.25, 0.3) is 0 Å². The number of para-hydroxylation sites is 1. The first-order valence-corrected chi connectivity index (χ1v) is 10.9. The van der Waals surface area contributed by atoms with E-state index in [1.807, 2.05) is 12.1 Å². The van der Waals surface area contributed by atoms with Crippen molar-refractivity contribution in [1.29, 1.82) is 0 Å². The van der Waals surface area contributed by atoms with Gasteiger partial charge in [-0.1, -0.05) is 36.4 Å². The molecular formula is C24H32BFN2O2. The maximum absolute atomic E-state index is 14.1. The van der Waals surface area contributed by atoms with Gasteiger partial charge in [-0.2, -0.15) is 0 Å². The molecule has 0 aliphatic carbocycles. The first kappa shape index (κ1) is 21.4. The standard InChI is InChI=1S/C24H32BFN2O2/c1-18(27-14-16-28(17-15-27)22-9-7-6-8-21(22)26)19-10-12-20(13-11-19)25-29-23(2,3)24(4,5)30-25/h6-13,18H,14-17H2,1-5H3. The second-order valence-electron chi connectivity index (χ2n) is 9.41. The van der Waals surface area contributed by atoms with E-state index in [9.17, 15) is 4.39 Å². The largest absolute Gasteiger partial charge is 0.494 e. The second-order valence-corrected chi connectivity index (χ2v) is 9.41. The minimum Gasteiger partial charge on any atom is -0.399 e. The van der Waals surface area contributed by atoms with E-state index < -0.39 is 0 Å². The summed E-state index contributed by atoms with van der Waals surface area (Å²) < 4.78 is 26.4. The summed E-state index contributed by atoms with van der Waals surface area (Å²) in [5.74, 6) is -0.141. The van der Waals surface area contributed by atoms with E-state index in [1.54, 1.807) is 6.07 Å². The number of nitrogens with zero attached hydrogens (tertiary/aromatic N) is 2. The van der Waals surface area contributed by atoms with E-state index in [2.05, 4.69) is 68.7 Å². The number of piperazine rings is 1. The normalized spacial score (nSPS) is 22.3. The van der Waals surface area contributed by atoms with Crippen molar-refractivity contribution in [2.24, 2.45) is 0 Å². The molecule has 2 saturated heterocycles. The Balaban J connectivity index is 1.38.